The van der Waals surface area contributed by atoms with Gasteiger partial charge in [0.2, 0.25) is 0 Å². The number of carbonyl (C=O) groups excluding carboxylic acids is 4. The molecule has 4 amide bonds. The van der Waals surface area contributed by atoms with Crippen LogP contribution in [0.1, 0.15) is 46.2 Å². The fourth-order valence-electron chi connectivity index (χ4n) is 2.97. The first kappa shape index (κ1) is 32.0. The molecular formula is C27H33BN2O8. The molecule has 0 saturated carbocycles. The Morgan fingerprint density at radius 2 is 0.947 bits per heavy atom. The summed E-state index contributed by atoms with van der Waals surface area (Å²) in [6, 6.07) is 14.2. The molecule has 0 bridgehead atoms. The molecule has 2 aromatic carbocycles. The van der Waals surface area contributed by atoms with E-state index in [0.29, 0.717) is 33.5 Å². The molecule has 0 fully saturated rings. The van der Waals surface area contributed by atoms with Gasteiger partial charge in [0, 0.05) is 22.3 Å². The first-order valence-corrected chi connectivity index (χ1v) is 11.2. The number of aryl methyl sites for hydroxylation is 2. The van der Waals surface area contributed by atoms with Crippen LogP contribution in [0.15, 0.2) is 70.8 Å². The zero-order chi connectivity index (χ0) is 28.0. The number of nitrogens with zero attached hydrogens (tertiary/aromatic N) is 2. The monoisotopic (exact) mass is 524 g/mol. The molecular weight excluding hydrogens is 491 g/mol. The first-order valence-electron chi connectivity index (χ1n) is 11.2. The predicted molar refractivity (Wildman–Crippen MR) is 142 cm³/mol. The lowest BCUT2D eigenvalue weighted by atomic mass is 9.80. The summed E-state index contributed by atoms with van der Waals surface area (Å²) >= 11 is 0. The van der Waals surface area contributed by atoms with Crippen molar-refractivity contribution in [2.75, 3.05) is 0 Å². The molecule has 2 aliphatic rings. The van der Waals surface area contributed by atoms with Gasteiger partial charge in [0.15, 0.2) is 5.75 Å². The summed E-state index contributed by atoms with van der Waals surface area (Å²) in [4.78, 5) is 50.2. The highest BCUT2D eigenvalue weighted by Gasteiger charge is 2.35. The summed E-state index contributed by atoms with van der Waals surface area (Å²) in [7, 11) is -1.35. The van der Waals surface area contributed by atoms with Gasteiger partial charge in [-0.3, -0.25) is 24.4 Å². The Hall–Kier alpha value is -4.06. The number of amides is 4. The average molecular weight is 524 g/mol. The van der Waals surface area contributed by atoms with Crippen LogP contribution in [0.5, 0.6) is 5.75 Å². The zero-order valence-electron chi connectivity index (χ0n) is 21.5. The molecule has 0 aromatic heterocycles. The second kappa shape index (κ2) is 13.5. The van der Waals surface area contributed by atoms with Crippen LogP contribution in [0.25, 0.3) is 0 Å². The summed E-state index contributed by atoms with van der Waals surface area (Å²) < 4.78 is 0. The molecule has 10 nitrogen and oxygen atoms in total. The predicted octanol–water partition coefficient (Wildman–Crippen LogP) is 2.39. The van der Waals surface area contributed by atoms with Gasteiger partial charge in [0.1, 0.15) is 0 Å². The molecule has 0 spiro atoms. The van der Waals surface area contributed by atoms with Gasteiger partial charge in [-0.05, 0) is 59.1 Å². The molecule has 0 radical (unpaired) electrons. The average Bonchev–Trinajstić information content (AvgIpc) is 3.16. The summed E-state index contributed by atoms with van der Waals surface area (Å²) in [5, 5.41) is 27.0. The van der Waals surface area contributed by atoms with Crippen LogP contribution in [0.2, 0.25) is 0 Å². The third kappa shape index (κ3) is 7.48. The van der Waals surface area contributed by atoms with Crippen LogP contribution >= 0.6 is 0 Å². The molecule has 3 N–H and O–H groups in total. The summed E-state index contributed by atoms with van der Waals surface area (Å²) in [6.07, 6.45) is 0. The Kier molecular flexibility index (Phi) is 11.3. The second-order valence-corrected chi connectivity index (χ2v) is 8.52. The normalized spacial score (nSPS) is 14.7. The first-order chi connectivity index (χ1) is 17.3. The largest absolute Gasteiger partial charge is 0.488 e. The van der Waals surface area contributed by atoms with Crippen molar-refractivity contribution >= 4 is 36.2 Å². The van der Waals surface area contributed by atoms with Crippen molar-refractivity contribution in [1.82, 2.24) is 10.1 Å². The van der Waals surface area contributed by atoms with E-state index in [9.17, 15) is 19.2 Å². The Labute approximate surface area is 222 Å². The highest BCUT2D eigenvalue weighted by Crippen LogP contribution is 2.22. The van der Waals surface area contributed by atoms with Crippen molar-refractivity contribution in [3.63, 3.8) is 0 Å². The van der Waals surface area contributed by atoms with E-state index in [0.717, 1.165) is 16.2 Å². The number of hydrogen-bond donors (Lipinski definition) is 3. The van der Waals surface area contributed by atoms with Crippen molar-refractivity contribution in [2.45, 2.75) is 49.0 Å². The Morgan fingerprint density at radius 1 is 0.605 bits per heavy atom. The maximum Gasteiger partial charge on any atom is 0.488 e. The molecule has 2 aliphatic heterocycles. The van der Waals surface area contributed by atoms with E-state index in [-0.39, 0.29) is 12.5 Å². The number of hydroxylamine groups is 4. The number of rotatable bonds is 3. The summed E-state index contributed by atoms with van der Waals surface area (Å²) in [5.74, 6) is -1.56. The summed E-state index contributed by atoms with van der Waals surface area (Å²) in [6.45, 7) is 10.2. The van der Waals surface area contributed by atoms with Crippen molar-refractivity contribution in [3.05, 3.63) is 82.0 Å². The molecule has 4 rings (SSSR count). The van der Waals surface area contributed by atoms with Crippen molar-refractivity contribution in [3.8, 4) is 5.75 Å². The number of carbonyl (C=O) groups is 4. The Morgan fingerprint density at radius 3 is 1.26 bits per heavy atom. The summed E-state index contributed by atoms with van der Waals surface area (Å²) in [5.41, 5.74) is 4.22. The van der Waals surface area contributed by atoms with E-state index >= 15 is 0 Å². The minimum Gasteiger partial charge on any atom is -0.423 e. The van der Waals surface area contributed by atoms with Gasteiger partial charge in [-0.2, -0.15) is 0 Å². The number of benzene rings is 2. The third-order valence-corrected chi connectivity index (χ3v) is 5.76. The van der Waals surface area contributed by atoms with Crippen LogP contribution in [0.3, 0.4) is 0 Å². The molecule has 0 aliphatic carbocycles. The maximum atomic E-state index is 11.7. The van der Waals surface area contributed by atoms with Crippen LogP contribution in [0, 0.1) is 13.8 Å². The lowest BCUT2D eigenvalue weighted by Crippen LogP contribution is -2.34. The highest BCUT2D eigenvalue weighted by atomic mass is 16.7. The van der Waals surface area contributed by atoms with Crippen LogP contribution in [0.4, 0.5) is 0 Å². The fourth-order valence-corrected chi connectivity index (χ4v) is 2.97. The molecule has 0 saturated heterocycles. The van der Waals surface area contributed by atoms with E-state index < -0.39 is 30.7 Å². The van der Waals surface area contributed by atoms with Crippen LogP contribution in [-0.2, 0) is 19.2 Å². The minimum absolute atomic E-state index is 0. The number of imide groups is 2. The van der Waals surface area contributed by atoms with Crippen molar-refractivity contribution in [1.29, 1.82) is 0 Å². The van der Waals surface area contributed by atoms with E-state index in [1.807, 2.05) is 38.1 Å². The van der Waals surface area contributed by atoms with E-state index in [2.05, 4.69) is 0 Å². The van der Waals surface area contributed by atoms with Crippen LogP contribution in [-0.4, -0.2) is 56.1 Å². The van der Waals surface area contributed by atoms with E-state index in [4.69, 9.17) is 20.1 Å². The highest BCUT2D eigenvalue weighted by molar-refractivity contribution is 6.58. The maximum absolute atomic E-state index is 11.7. The van der Waals surface area contributed by atoms with Gasteiger partial charge in [0.05, 0.1) is 0 Å². The molecule has 0 unspecified atom stereocenters. The van der Waals surface area contributed by atoms with Gasteiger partial charge in [-0.25, -0.2) is 0 Å². The van der Waals surface area contributed by atoms with Crippen LogP contribution < -0.4 is 10.3 Å². The minimum atomic E-state index is -1.35. The molecule has 2 aromatic rings. The lowest BCUT2D eigenvalue weighted by molar-refractivity contribution is -0.170. The molecule has 202 valence electrons. The molecule has 38 heavy (non-hydrogen) atoms. The third-order valence-electron chi connectivity index (χ3n) is 5.76. The van der Waals surface area contributed by atoms with Crippen molar-refractivity contribution < 1.29 is 39.3 Å². The SMILES string of the molecule is C.CC1=C(C)C(=O)N(O)C1=O.CC1=C(C)C(=O)N(Oc2ccc(C)cc2)C1=O.Cc1ccc(B(O)O)cc1. The van der Waals surface area contributed by atoms with Crippen molar-refractivity contribution in [2.24, 2.45) is 0 Å². The van der Waals surface area contributed by atoms with E-state index in [1.165, 1.54) is 13.8 Å². The topological polar surface area (TPSA) is 145 Å². The van der Waals surface area contributed by atoms with Gasteiger partial charge in [0.25, 0.3) is 23.6 Å². The second-order valence-electron chi connectivity index (χ2n) is 8.52. The van der Waals surface area contributed by atoms with Gasteiger partial charge < -0.3 is 14.9 Å². The van der Waals surface area contributed by atoms with Gasteiger partial charge >= 0.3 is 7.12 Å². The Balaban J connectivity index is 0.000000299. The van der Waals surface area contributed by atoms with E-state index in [1.54, 1.807) is 38.1 Å². The molecule has 2 heterocycles. The van der Waals surface area contributed by atoms with Gasteiger partial charge in [-0.15, -0.1) is 5.06 Å². The van der Waals surface area contributed by atoms with Gasteiger partial charge in [-0.1, -0.05) is 60.0 Å². The zero-order valence-corrected chi connectivity index (χ0v) is 21.5. The Bertz CT molecular complexity index is 1220. The molecule has 11 heteroatoms. The number of hydrogen-bond acceptors (Lipinski definition) is 8. The smallest absolute Gasteiger partial charge is 0.423 e. The quantitative estimate of drug-likeness (QED) is 0.315. The fraction of sp³-hybridized carbons (Fsp3) is 0.259. The lowest BCUT2D eigenvalue weighted by Gasteiger charge is -2.15. The molecule has 0 atom stereocenters. The standard InChI is InChI=1S/C13H13NO3.C7H9BO2.C6H7NO3.CH4/c1-8-4-6-11(7-5-8)17-14-12(15)9(2)10(3)13(14)16;1-6-2-4-7(5-3-6)8(9)10;1-3-4(2)6(9)7(10)5(3)8;/h4-7H,1-3H3;2-5,9-10H,1H3;10H,1-2H3;1H4.